The van der Waals surface area contributed by atoms with Crippen molar-refractivity contribution in [2.75, 3.05) is 6.61 Å². The van der Waals surface area contributed by atoms with Crippen molar-refractivity contribution in [3.8, 4) is 5.75 Å². The molecule has 0 saturated heterocycles. The molecule has 17 heavy (non-hydrogen) atoms. The number of nitrogens with two attached hydrogens (primary N) is 1. The number of phenols is 1. The van der Waals surface area contributed by atoms with Crippen LogP contribution in [0.4, 0.5) is 13.2 Å². The third-order valence-electron chi connectivity index (χ3n) is 3.26. The van der Waals surface area contributed by atoms with Gasteiger partial charge in [0.05, 0.1) is 18.1 Å². The summed E-state index contributed by atoms with van der Waals surface area (Å²) in [7, 11) is 0. The van der Waals surface area contributed by atoms with E-state index in [9.17, 15) is 13.2 Å². The number of aromatic hydroxyl groups is 1. The van der Waals surface area contributed by atoms with E-state index in [1.54, 1.807) is 0 Å². The van der Waals surface area contributed by atoms with E-state index in [0.29, 0.717) is 5.56 Å². The summed E-state index contributed by atoms with van der Waals surface area (Å²) in [4.78, 5) is 0. The van der Waals surface area contributed by atoms with E-state index < -0.39 is 30.2 Å². The van der Waals surface area contributed by atoms with E-state index in [4.69, 9.17) is 15.9 Å². The van der Waals surface area contributed by atoms with Gasteiger partial charge >= 0.3 is 6.18 Å². The monoisotopic (exact) mass is 247 g/mol. The van der Waals surface area contributed by atoms with Crippen molar-refractivity contribution >= 4 is 0 Å². The van der Waals surface area contributed by atoms with Crippen molar-refractivity contribution in [3.05, 3.63) is 29.8 Å². The Morgan fingerprint density at radius 2 is 1.76 bits per heavy atom. The Hall–Kier alpha value is -1.27. The van der Waals surface area contributed by atoms with Gasteiger partial charge in [0.25, 0.3) is 0 Å². The smallest absolute Gasteiger partial charge is 0.394 e. The van der Waals surface area contributed by atoms with Crippen LogP contribution in [0, 0.1) is 5.92 Å². The van der Waals surface area contributed by atoms with Gasteiger partial charge in [-0.05, 0) is 17.7 Å². The Morgan fingerprint density at radius 1 is 1.24 bits per heavy atom. The van der Waals surface area contributed by atoms with Gasteiger partial charge in [-0.3, -0.25) is 0 Å². The third-order valence-corrected chi connectivity index (χ3v) is 3.26. The van der Waals surface area contributed by atoms with Gasteiger partial charge in [-0.2, -0.15) is 13.2 Å². The van der Waals surface area contributed by atoms with Crippen molar-refractivity contribution in [1.29, 1.82) is 0 Å². The lowest BCUT2D eigenvalue weighted by Crippen LogP contribution is -2.34. The van der Waals surface area contributed by atoms with Crippen LogP contribution in [0.25, 0.3) is 0 Å². The second-order valence-corrected chi connectivity index (χ2v) is 4.36. The molecule has 0 spiro atoms. The van der Waals surface area contributed by atoms with Crippen LogP contribution in [0.1, 0.15) is 11.5 Å². The maximum absolute atomic E-state index is 12.7. The molecule has 3 atom stereocenters. The molecule has 0 unspecified atom stereocenters. The molecule has 2 rings (SSSR count). The van der Waals surface area contributed by atoms with Gasteiger partial charge in [-0.25, -0.2) is 0 Å². The lowest BCUT2D eigenvalue weighted by atomic mass is 10.1. The zero-order valence-corrected chi connectivity index (χ0v) is 8.78. The predicted molar refractivity (Wildman–Crippen MR) is 54.4 cm³/mol. The van der Waals surface area contributed by atoms with Crippen LogP contribution in [0.15, 0.2) is 24.3 Å². The van der Waals surface area contributed by atoms with Crippen LogP contribution in [-0.4, -0.2) is 28.5 Å². The minimum atomic E-state index is -4.43. The van der Waals surface area contributed by atoms with E-state index >= 15 is 0 Å². The molecule has 0 radical (unpaired) electrons. The Labute approximate surface area is 95.7 Å². The lowest BCUT2D eigenvalue weighted by Gasteiger charge is -2.09. The summed E-state index contributed by atoms with van der Waals surface area (Å²) in [5.41, 5.74) is 4.29. The first-order valence-corrected chi connectivity index (χ1v) is 5.06. The maximum Gasteiger partial charge on any atom is 0.394 e. The molecule has 1 aromatic carbocycles. The topological polar surface area (TPSA) is 66.5 Å². The molecule has 1 fully saturated rings. The van der Waals surface area contributed by atoms with Gasteiger partial charge in [0.1, 0.15) is 5.75 Å². The average molecular weight is 247 g/mol. The number of halogens is 3. The summed E-state index contributed by atoms with van der Waals surface area (Å²) < 4.78 is 38.1. The summed E-state index contributed by atoms with van der Waals surface area (Å²) in [6, 6.07) is 5.39. The highest BCUT2D eigenvalue weighted by atomic mass is 19.4. The van der Waals surface area contributed by atoms with Crippen molar-refractivity contribution in [2.24, 2.45) is 11.7 Å². The molecule has 6 heteroatoms. The van der Waals surface area contributed by atoms with Crippen LogP contribution in [0.2, 0.25) is 0 Å². The largest absolute Gasteiger partial charge is 0.508 e. The third kappa shape index (κ3) is 1.87. The first-order chi connectivity index (χ1) is 7.80. The summed E-state index contributed by atoms with van der Waals surface area (Å²) in [6.45, 7) is -0.720. The fourth-order valence-electron chi connectivity index (χ4n) is 2.33. The SMILES string of the molecule is N[C@]1(CO)[C@H](c2ccc(O)cc2)[C@H]1C(F)(F)F. The minimum Gasteiger partial charge on any atom is -0.508 e. The van der Waals surface area contributed by atoms with Crippen LogP contribution in [0.3, 0.4) is 0 Å². The molecule has 1 saturated carbocycles. The van der Waals surface area contributed by atoms with Gasteiger partial charge in [0.15, 0.2) is 0 Å². The first-order valence-electron chi connectivity index (χ1n) is 5.06. The predicted octanol–water partition coefficient (Wildman–Crippen LogP) is 1.36. The molecule has 1 aromatic rings. The van der Waals surface area contributed by atoms with E-state index in [1.807, 2.05) is 0 Å². The maximum atomic E-state index is 12.7. The standard InChI is InChI=1S/C11H12F3NO2/c12-11(13,14)9-8(10(9,15)5-16)6-1-3-7(17)4-2-6/h1-4,8-9,16-17H,5,15H2/t8-,9-,10-/m1/s1. The molecule has 0 aliphatic heterocycles. The molecule has 0 aromatic heterocycles. The number of hydrogen-bond acceptors (Lipinski definition) is 3. The van der Waals surface area contributed by atoms with Gasteiger partial charge in [-0.15, -0.1) is 0 Å². The number of aliphatic hydroxyl groups excluding tert-OH is 1. The van der Waals surface area contributed by atoms with Gasteiger partial charge in [0, 0.05) is 5.92 Å². The van der Waals surface area contributed by atoms with Gasteiger partial charge < -0.3 is 15.9 Å². The highest BCUT2D eigenvalue weighted by Crippen LogP contribution is 2.62. The summed E-state index contributed by atoms with van der Waals surface area (Å²) in [5, 5.41) is 18.1. The van der Waals surface area contributed by atoms with Crippen LogP contribution in [0.5, 0.6) is 5.75 Å². The Bertz CT molecular complexity index is 418. The second kappa shape index (κ2) is 3.61. The lowest BCUT2D eigenvalue weighted by molar-refractivity contribution is -0.154. The number of rotatable bonds is 2. The average Bonchev–Trinajstić information content (AvgIpc) is 2.87. The van der Waals surface area contributed by atoms with E-state index in [0.717, 1.165) is 0 Å². The number of aliphatic hydroxyl groups is 1. The zero-order valence-electron chi connectivity index (χ0n) is 8.78. The molecule has 4 N–H and O–H groups in total. The van der Waals surface area contributed by atoms with Crippen molar-refractivity contribution < 1.29 is 23.4 Å². The Morgan fingerprint density at radius 3 is 2.12 bits per heavy atom. The second-order valence-electron chi connectivity index (χ2n) is 4.36. The molecule has 0 heterocycles. The number of alkyl halides is 3. The molecular weight excluding hydrogens is 235 g/mol. The molecule has 0 amide bonds. The summed E-state index contributed by atoms with van der Waals surface area (Å²) in [6.07, 6.45) is -4.43. The van der Waals surface area contributed by atoms with Crippen LogP contribution >= 0.6 is 0 Å². The minimum absolute atomic E-state index is 0.0235. The highest BCUT2D eigenvalue weighted by molar-refractivity contribution is 5.40. The Kier molecular flexibility index (Phi) is 2.59. The van der Waals surface area contributed by atoms with Crippen molar-refractivity contribution in [1.82, 2.24) is 0 Å². The summed E-state index contributed by atoms with van der Waals surface area (Å²) in [5.74, 6) is -2.71. The number of phenolic OH excluding ortho intramolecular Hbond substituents is 1. The quantitative estimate of drug-likeness (QED) is 0.739. The van der Waals surface area contributed by atoms with Crippen LogP contribution in [-0.2, 0) is 0 Å². The first kappa shape index (κ1) is 12.2. The molecule has 1 aliphatic carbocycles. The normalized spacial score (nSPS) is 32.5. The molecule has 0 bridgehead atoms. The van der Waals surface area contributed by atoms with Crippen molar-refractivity contribution in [2.45, 2.75) is 17.6 Å². The fraction of sp³-hybridized carbons (Fsp3) is 0.455. The van der Waals surface area contributed by atoms with E-state index in [-0.39, 0.29) is 5.75 Å². The van der Waals surface area contributed by atoms with Gasteiger partial charge in [0.2, 0.25) is 0 Å². The number of benzene rings is 1. The summed E-state index contributed by atoms with van der Waals surface area (Å²) >= 11 is 0. The van der Waals surface area contributed by atoms with Crippen molar-refractivity contribution in [3.63, 3.8) is 0 Å². The molecule has 3 nitrogen and oxygen atoms in total. The van der Waals surface area contributed by atoms with E-state index in [1.165, 1.54) is 24.3 Å². The van der Waals surface area contributed by atoms with Gasteiger partial charge in [-0.1, -0.05) is 12.1 Å². The Balaban J connectivity index is 2.31. The highest BCUT2D eigenvalue weighted by Gasteiger charge is 2.73. The van der Waals surface area contributed by atoms with E-state index in [2.05, 4.69) is 0 Å². The van der Waals surface area contributed by atoms with Crippen LogP contribution < -0.4 is 5.73 Å². The number of hydrogen-bond donors (Lipinski definition) is 3. The fourth-order valence-corrected chi connectivity index (χ4v) is 2.33. The molecule has 1 aliphatic rings. The zero-order chi connectivity index (χ0) is 12.8. The molecule has 94 valence electrons. The molecular formula is C11H12F3NO2.